The highest BCUT2D eigenvalue weighted by Gasteiger charge is 2.23. The van der Waals surface area contributed by atoms with Crippen molar-refractivity contribution >= 4 is 29.3 Å². The monoisotopic (exact) mass is 228 g/mol. The minimum atomic E-state index is 0.287. The van der Waals surface area contributed by atoms with E-state index in [0.29, 0.717) is 5.78 Å². The minimum absolute atomic E-state index is 0.287. The Labute approximate surface area is 94.1 Å². The molecular formula is C11H16OS2. The van der Waals surface area contributed by atoms with Crippen LogP contribution < -0.4 is 0 Å². The molecule has 0 saturated carbocycles. The molecule has 0 spiro atoms. The molecule has 0 aromatic heterocycles. The maximum absolute atomic E-state index is 11.9. The Kier molecular flexibility index (Phi) is 3.99. The second-order valence-corrected chi connectivity index (χ2v) is 6.29. The van der Waals surface area contributed by atoms with Crippen LogP contribution in [0.4, 0.5) is 0 Å². The van der Waals surface area contributed by atoms with E-state index in [1.165, 1.54) is 24.2 Å². The van der Waals surface area contributed by atoms with Gasteiger partial charge in [-0.05, 0) is 19.3 Å². The molecule has 3 heteroatoms. The molecule has 14 heavy (non-hydrogen) atoms. The Morgan fingerprint density at radius 2 is 2.43 bits per heavy atom. The summed E-state index contributed by atoms with van der Waals surface area (Å²) in [5, 5.41) is 0.287. The smallest absolute Gasteiger partial charge is 0.150 e. The van der Waals surface area contributed by atoms with Crippen molar-refractivity contribution in [3.8, 4) is 0 Å². The van der Waals surface area contributed by atoms with Crippen LogP contribution in [0.2, 0.25) is 0 Å². The molecule has 1 aliphatic carbocycles. The van der Waals surface area contributed by atoms with E-state index in [1.807, 2.05) is 23.5 Å². The van der Waals surface area contributed by atoms with Crippen LogP contribution in [0.3, 0.4) is 0 Å². The first-order valence-corrected chi connectivity index (χ1v) is 7.46. The van der Waals surface area contributed by atoms with Crippen molar-refractivity contribution < 1.29 is 4.79 Å². The van der Waals surface area contributed by atoms with Crippen molar-refractivity contribution in [1.82, 2.24) is 0 Å². The molecule has 0 amide bonds. The van der Waals surface area contributed by atoms with E-state index in [9.17, 15) is 4.79 Å². The van der Waals surface area contributed by atoms with Gasteiger partial charge in [0.05, 0.1) is 5.25 Å². The Morgan fingerprint density at radius 1 is 1.50 bits per heavy atom. The van der Waals surface area contributed by atoms with Crippen LogP contribution in [0.5, 0.6) is 0 Å². The SMILES string of the molecule is O=C(CC1=CCCC1)C1CSCCS1. The van der Waals surface area contributed by atoms with E-state index in [0.717, 1.165) is 24.3 Å². The topological polar surface area (TPSA) is 17.1 Å². The molecule has 0 bridgehead atoms. The molecule has 1 unspecified atom stereocenters. The van der Waals surface area contributed by atoms with Gasteiger partial charge in [-0.25, -0.2) is 0 Å². The number of carbonyl (C=O) groups excluding carboxylic acids is 1. The summed E-state index contributed by atoms with van der Waals surface area (Å²) < 4.78 is 0. The summed E-state index contributed by atoms with van der Waals surface area (Å²) >= 11 is 3.79. The molecule has 0 aromatic rings. The van der Waals surface area contributed by atoms with Crippen LogP contribution in [0, 0.1) is 0 Å². The number of carbonyl (C=O) groups is 1. The molecule has 0 aromatic carbocycles. The lowest BCUT2D eigenvalue weighted by Gasteiger charge is -2.19. The van der Waals surface area contributed by atoms with Crippen molar-refractivity contribution in [3.05, 3.63) is 11.6 Å². The van der Waals surface area contributed by atoms with Gasteiger partial charge in [0.25, 0.3) is 0 Å². The van der Waals surface area contributed by atoms with Gasteiger partial charge in [0.15, 0.2) is 5.78 Å². The van der Waals surface area contributed by atoms with Gasteiger partial charge in [-0.1, -0.05) is 11.6 Å². The van der Waals surface area contributed by atoms with Gasteiger partial charge >= 0.3 is 0 Å². The summed E-state index contributed by atoms with van der Waals surface area (Å²) in [6.07, 6.45) is 6.61. The number of ketones is 1. The second-order valence-electron chi connectivity index (χ2n) is 3.83. The van der Waals surface area contributed by atoms with Gasteiger partial charge < -0.3 is 0 Å². The minimum Gasteiger partial charge on any atom is -0.298 e. The highest BCUT2D eigenvalue weighted by atomic mass is 32.2. The fraction of sp³-hybridized carbons (Fsp3) is 0.727. The van der Waals surface area contributed by atoms with Crippen molar-refractivity contribution in [2.24, 2.45) is 0 Å². The summed E-state index contributed by atoms with van der Waals surface area (Å²) in [6.45, 7) is 0. The molecule has 0 radical (unpaired) electrons. The lowest BCUT2D eigenvalue weighted by Crippen LogP contribution is -2.24. The van der Waals surface area contributed by atoms with E-state index in [1.54, 1.807) is 0 Å². The average Bonchev–Trinajstić information content (AvgIpc) is 2.72. The van der Waals surface area contributed by atoms with Crippen molar-refractivity contribution in [2.45, 2.75) is 30.9 Å². The third-order valence-electron chi connectivity index (χ3n) is 2.71. The number of hydrogen-bond donors (Lipinski definition) is 0. The largest absolute Gasteiger partial charge is 0.298 e. The van der Waals surface area contributed by atoms with Gasteiger partial charge in [0.2, 0.25) is 0 Å². The number of hydrogen-bond acceptors (Lipinski definition) is 3. The Hall–Kier alpha value is 0.110. The number of rotatable bonds is 3. The first-order chi connectivity index (χ1) is 6.86. The molecule has 1 aliphatic heterocycles. The number of thioether (sulfide) groups is 2. The predicted octanol–water partition coefficient (Wildman–Crippen LogP) is 2.90. The van der Waals surface area contributed by atoms with Crippen molar-refractivity contribution in [2.75, 3.05) is 17.3 Å². The molecule has 1 saturated heterocycles. The molecule has 1 atom stereocenters. The molecule has 78 valence electrons. The average molecular weight is 228 g/mol. The molecule has 1 fully saturated rings. The van der Waals surface area contributed by atoms with Crippen LogP contribution in [0.25, 0.3) is 0 Å². The first-order valence-electron chi connectivity index (χ1n) is 5.26. The summed E-state index contributed by atoms with van der Waals surface area (Å²) in [4.78, 5) is 11.9. The quantitative estimate of drug-likeness (QED) is 0.691. The van der Waals surface area contributed by atoms with Crippen LogP contribution in [-0.2, 0) is 4.79 Å². The number of Topliss-reactive ketones (excluding diaryl/α,β-unsaturated/α-hetero) is 1. The van der Waals surface area contributed by atoms with E-state index in [4.69, 9.17) is 0 Å². The van der Waals surface area contributed by atoms with Gasteiger partial charge in [0, 0.05) is 23.7 Å². The Morgan fingerprint density at radius 3 is 3.07 bits per heavy atom. The summed E-state index contributed by atoms with van der Waals surface area (Å²) in [6, 6.07) is 0. The Balaban J connectivity index is 1.81. The van der Waals surface area contributed by atoms with E-state index >= 15 is 0 Å². The van der Waals surface area contributed by atoms with E-state index in [-0.39, 0.29) is 5.25 Å². The Bertz CT molecular complexity index is 242. The van der Waals surface area contributed by atoms with Gasteiger partial charge in [0.1, 0.15) is 0 Å². The highest BCUT2D eigenvalue weighted by molar-refractivity contribution is 8.07. The van der Waals surface area contributed by atoms with Crippen LogP contribution in [-0.4, -0.2) is 28.3 Å². The zero-order valence-corrected chi connectivity index (χ0v) is 9.96. The second kappa shape index (κ2) is 5.26. The van der Waals surface area contributed by atoms with Gasteiger partial charge in [-0.3, -0.25) is 4.79 Å². The maximum Gasteiger partial charge on any atom is 0.150 e. The van der Waals surface area contributed by atoms with Crippen molar-refractivity contribution in [1.29, 1.82) is 0 Å². The molecule has 0 N–H and O–H groups in total. The van der Waals surface area contributed by atoms with Gasteiger partial charge in [-0.2, -0.15) is 11.8 Å². The third-order valence-corrected chi connectivity index (χ3v) is 5.51. The lowest BCUT2D eigenvalue weighted by molar-refractivity contribution is -0.117. The number of allylic oxidation sites excluding steroid dienone is 2. The lowest BCUT2D eigenvalue weighted by atomic mass is 10.1. The van der Waals surface area contributed by atoms with Crippen LogP contribution >= 0.6 is 23.5 Å². The van der Waals surface area contributed by atoms with Crippen LogP contribution in [0.1, 0.15) is 25.7 Å². The predicted molar refractivity (Wildman–Crippen MR) is 65.1 cm³/mol. The molecule has 2 aliphatic rings. The zero-order valence-electron chi connectivity index (χ0n) is 8.33. The molecular weight excluding hydrogens is 212 g/mol. The van der Waals surface area contributed by atoms with E-state index < -0.39 is 0 Å². The van der Waals surface area contributed by atoms with Gasteiger partial charge in [-0.15, -0.1) is 11.8 Å². The summed E-state index contributed by atoms with van der Waals surface area (Å²) in [5.41, 5.74) is 1.39. The maximum atomic E-state index is 11.9. The summed E-state index contributed by atoms with van der Waals surface area (Å²) in [5.74, 6) is 3.88. The molecule has 1 heterocycles. The van der Waals surface area contributed by atoms with E-state index in [2.05, 4.69) is 6.08 Å². The van der Waals surface area contributed by atoms with Crippen LogP contribution in [0.15, 0.2) is 11.6 Å². The standard InChI is InChI=1S/C11H16OS2/c12-10(7-9-3-1-2-4-9)11-8-13-5-6-14-11/h3,11H,1-2,4-8H2. The molecule has 2 rings (SSSR count). The fourth-order valence-corrected chi connectivity index (χ4v) is 4.56. The molecule has 1 nitrogen and oxygen atoms in total. The summed E-state index contributed by atoms with van der Waals surface area (Å²) in [7, 11) is 0. The normalized spacial score (nSPS) is 27.4. The zero-order chi connectivity index (χ0) is 9.80. The fourth-order valence-electron chi connectivity index (χ4n) is 1.91. The highest BCUT2D eigenvalue weighted by Crippen LogP contribution is 2.28. The third kappa shape index (κ3) is 2.80. The van der Waals surface area contributed by atoms with Crippen molar-refractivity contribution in [3.63, 3.8) is 0 Å². The first kappa shape index (κ1) is 10.6.